The van der Waals surface area contributed by atoms with Crippen LogP contribution in [0, 0.1) is 0 Å². The van der Waals surface area contributed by atoms with Crippen LogP contribution in [0.4, 0.5) is 0 Å². The maximum absolute atomic E-state index is 12.2. The molecule has 0 aromatic heterocycles. The minimum atomic E-state index is -3.20. The third-order valence-corrected chi connectivity index (χ3v) is 5.29. The first-order valence-electron chi connectivity index (χ1n) is 5.68. The van der Waals surface area contributed by atoms with E-state index in [2.05, 4.69) is 5.32 Å². The van der Waals surface area contributed by atoms with Crippen LogP contribution in [-0.4, -0.2) is 57.9 Å². The average Bonchev–Trinajstić information content (AvgIpc) is 2.67. The number of hydrogen-bond donors (Lipinski definition) is 1. The standard InChI is InChI=1S/C10H22N2O3S/c1-9(8-15-3)16(13,14)12-6-4-5-10(12)7-11-2/h9-11H,4-8H2,1-3H3. The molecule has 0 aliphatic carbocycles. The Labute approximate surface area is 98.2 Å². The molecule has 2 unspecified atom stereocenters. The lowest BCUT2D eigenvalue weighted by Gasteiger charge is -2.26. The molecule has 0 aromatic rings. The van der Waals surface area contributed by atoms with Crippen LogP contribution in [0.3, 0.4) is 0 Å². The Balaban J connectivity index is 2.74. The van der Waals surface area contributed by atoms with Crippen molar-refractivity contribution in [2.45, 2.75) is 31.1 Å². The van der Waals surface area contributed by atoms with Gasteiger partial charge >= 0.3 is 0 Å². The van der Waals surface area contributed by atoms with Crippen molar-refractivity contribution in [3.63, 3.8) is 0 Å². The molecule has 6 heteroatoms. The number of hydrogen-bond acceptors (Lipinski definition) is 4. The van der Waals surface area contributed by atoms with E-state index in [1.54, 1.807) is 11.2 Å². The summed E-state index contributed by atoms with van der Waals surface area (Å²) < 4.78 is 31.0. The van der Waals surface area contributed by atoms with Crippen LogP contribution in [0.2, 0.25) is 0 Å². The van der Waals surface area contributed by atoms with Gasteiger partial charge < -0.3 is 10.1 Å². The highest BCUT2D eigenvalue weighted by Crippen LogP contribution is 2.23. The molecule has 0 radical (unpaired) electrons. The van der Waals surface area contributed by atoms with Crippen molar-refractivity contribution in [3.8, 4) is 0 Å². The lowest BCUT2D eigenvalue weighted by molar-refractivity contribution is 0.197. The van der Waals surface area contributed by atoms with Crippen LogP contribution in [0.5, 0.6) is 0 Å². The molecule has 1 rings (SSSR count). The SMILES string of the molecule is CNCC1CCCN1S(=O)(=O)C(C)COC. The number of ether oxygens (including phenoxy) is 1. The molecule has 1 aliphatic heterocycles. The monoisotopic (exact) mass is 250 g/mol. The predicted octanol–water partition coefficient (Wildman–Crippen LogP) is 0.0349. The number of sulfonamides is 1. The Bertz CT molecular complexity index is 305. The minimum Gasteiger partial charge on any atom is -0.383 e. The summed E-state index contributed by atoms with van der Waals surface area (Å²) in [5.74, 6) is 0. The van der Waals surface area contributed by atoms with Gasteiger partial charge in [-0.3, -0.25) is 0 Å². The molecule has 0 amide bonds. The summed E-state index contributed by atoms with van der Waals surface area (Å²) in [6.07, 6.45) is 1.89. The Morgan fingerprint density at radius 3 is 2.81 bits per heavy atom. The van der Waals surface area contributed by atoms with Crippen molar-refractivity contribution >= 4 is 10.0 Å². The zero-order valence-electron chi connectivity index (χ0n) is 10.3. The van der Waals surface area contributed by atoms with Crippen LogP contribution in [0.15, 0.2) is 0 Å². The Kier molecular flexibility index (Phi) is 5.17. The maximum atomic E-state index is 12.2. The lowest BCUT2D eigenvalue weighted by Crippen LogP contribution is -2.45. The first-order chi connectivity index (χ1) is 7.54. The maximum Gasteiger partial charge on any atom is 0.219 e. The van der Waals surface area contributed by atoms with Gasteiger partial charge in [0.15, 0.2) is 0 Å². The van der Waals surface area contributed by atoms with Gasteiger partial charge in [-0.1, -0.05) is 0 Å². The molecule has 2 atom stereocenters. The van der Waals surface area contributed by atoms with Gasteiger partial charge in [-0.2, -0.15) is 4.31 Å². The van der Waals surface area contributed by atoms with Gasteiger partial charge in [-0.15, -0.1) is 0 Å². The number of methoxy groups -OCH3 is 1. The van der Waals surface area contributed by atoms with Gasteiger partial charge in [0.1, 0.15) is 0 Å². The highest BCUT2D eigenvalue weighted by atomic mass is 32.2. The Morgan fingerprint density at radius 2 is 2.25 bits per heavy atom. The molecule has 16 heavy (non-hydrogen) atoms. The molecule has 1 fully saturated rings. The molecule has 1 heterocycles. The molecule has 0 aromatic carbocycles. The highest BCUT2D eigenvalue weighted by Gasteiger charge is 2.36. The Morgan fingerprint density at radius 1 is 1.56 bits per heavy atom. The fraction of sp³-hybridized carbons (Fsp3) is 1.00. The first kappa shape index (κ1) is 13.9. The van der Waals surface area contributed by atoms with Crippen LogP contribution < -0.4 is 5.32 Å². The first-order valence-corrected chi connectivity index (χ1v) is 7.18. The summed E-state index contributed by atoms with van der Waals surface area (Å²) in [5.41, 5.74) is 0. The molecule has 1 aliphatic rings. The van der Waals surface area contributed by atoms with Gasteiger partial charge in [0, 0.05) is 26.2 Å². The van der Waals surface area contributed by atoms with Gasteiger partial charge in [0.2, 0.25) is 10.0 Å². The predicted molar refractivity (Wildman–Crippen MR) is 63.9 cm³/mol. The van der Waals surface area contributed by atoms with E-state index in [1.807, 2.05) is 7.05 Å². The molecule has 0 spiro atoms. The van der Waals surface area contributed by atoms with Crippen molar-refractivity contribution in [1.29, 1.82) is 0 Å². The highest BCUT2D eigenvalue weighted by molar-refractivity contribution is 7.89. The topological polar surface area (TPSA) is 58.6 Å². The van der Waals surface area contributed by atoms with E-state index < -0.39 is 15.3 Å². The molecule has 96 valence electrons. The molecule has 1 N–H and O–H groups in total. The number of likely N-dealkylation sites (N-methyl/N-ethyl adjacent to an activating group) is 1. The van der Waals surface area contributed by atoms with Gasteiger partial charge in [-0.05, 0) is 26.8 Å². The fourth-order valence-electron chi connectivity index (χ4n) is 2.14. The molecular formula is C10H22N2O3S. The lowest BCUT2D eigenvalue weighted by atomic mass is 10.2. The molecule has 5 nitrogen and oxygen atoms in total. The van der Waals surface area contributed by atoms with Crippen LogP contribution in [0.1, 0.15) is 19.8 Å². The summed E-state index contributed by atoms with van der Waals surface area (Å²) in [6.45, 7) is 3.32. The zero-order chi connectivity index (χ0) is 12.2. The van der Waals surface area contributed by atoms with Gasteiger partial charge in [-0.25, -0.2) is 8.42 Å². The van der Waals surface area contributed by atoms with Crippen molar-refractivity contribution in [2.75, 3.05) is 33.9 Å². The van der Waals surface area contributed by atoms with Crippen molar-refractivity contribution in [2.24, 2.45) is 0 Å². The number of rotatable bonds is 6. The summed E-state index contributed by atoms with van der Waals surface area (Å²) >= 11 is 0. The molecular weight excluding hydrogens is 228 g/mol. The second-order valence-corrected chi connectivity index (χ2v) is 6.58. The van der Waals surface area contributed by atoms with E-state index in [1.165, 1.54) is 7.11 Å². The van der Waals surface area contributed by atoms with E-state index in [0.717, 1.165) is 19.4 Å². The van der Waals surface area contributed by atoms with Crippen LogP contribution in [-0.2, 0) is 14.8 Å². The third-order valence-electron chi connectivity index (χ3n) is 3.00. The summed E-state index contributed by atoms with van der Waals surface area (Å²) in [4.78, 5) is 0. The third kappa shape index (κ3) is 2.94. The zero-order valence-corrected chi connectivity index (χ0v) is 11.1. The Hall–Kier alpha value is -0.170. The number of nitrogens with one attached hydrogen (secondary N) is 1. The summed E-state index contributed by atoms with van der Waals surface area (Å²) in [6, 6.07) is 0.106. The second-order valence-electron chi connectivity index (χ2n) is 4.28. The van der Waals surface area contributed by atoms with E-state index in [9.17, 15) is 8.42 Å². The largest absolute Gasteiger partial charge is 0.383 e. The van der Waals surface area contributed by atoms with E-state index in [4.69, 9.17) is 4.74 Å². The minimum absolute atomic E-state index is 0.106. The smallest absolute Gasteiger partial charge is 0.219 e. The summed E-state index contributed by atoms with van der Waals surface area (Å²) in [5, 5.41) is 2.58. The van der Waals surface area contributed by atoms with Crippen molar-refractivity contribution in [1.82, 2.24) is 9.62 Å². The summed E-state index contributed by atoms with van der Waals surface area (Å²) in [7, 11) is 0.174. The van der Waals surface area contributed by atoms with Gasteiger partial charge in [0.25, 0.3) is 0 Å². The van der Waals surface area contributed by atoms with Gasteiger partial charge in [0.05, 0.1) is 11.9 Å². The molecule has 0 saturated carbocycles. The van der Waals surface area contributed by atoms with Crippen molar-refractivity contribution in [3.05, 3.63) is 0 Å². The fourth-order valence-corrected chi connectivity index (χ4v) is 3.89. The van der Waals surface area contributed by atoms with Crippen LogP contribution in [0.25, 0.3) is 0 Å². The van der Waals surface area contributed by atoms with E-state index in [0.29, 0.717) is 6.54 Å². The molecule has 1 saturated heterocycles. The van der Waals surface area contributed by atoms with Crippen LogP contribution >= 0.6 is 0 Å². The quantitative estimate of drug-likeness (QED) is 0.723. The second kappa shape index (κ2) is 5.95. The molecule has 0 bridgehead atoms. The van der Waals surface area contributed by atoms with E-state index >= 15 is 0 Å². The normalized spacial score (nSPS) is 24.8. The number of nitrogens with zero attached hydrogens (tertiary/aromatic N) is 1. The van der Waals surface area contributed by atoms with Crippen molar-refractivity contribution < 1.29 is 13.2 Å². The van der Waals surface area contributed by atoms with E-state index in [-0.39, 0.29) is 12.6 Å². The average molecular weight is 250 g/mol.